The average molecular weight is 714 g/mol. The highest BCUT2D eigenvalue weighted by atomic mass is 16.3. The van der Waals surface area contributed by atoms with Gasteiger partial charge in [0.25, 0.3) is 0 Å². The topological polar surface area (TPSA) is 51.8 Å². The Morgan fingerprint density at radius 3 is 1.38 bits per heavy atom. The van der Waals surface area contributed by atoms with Crippen molar-refractivity contribution in [2.45, 2.75) is 5.41 Å². The molecule has 4 heteroatoms. The molecular formula is C52H31N3O. The monoisotopic (exact) mass is 713 g/mol. The Morgan fingerprint density at radius 2 is 0.786 bits per heavy atom. The number of nitrogens with zero attached hydrogens (tertiary/aromatic N) is 3. The molecule has 1 spiro atoms. The van der Waals surface area contributed by atoms with E-state index in [4.69, 9.17) is 19.4 Å². The van der Waals surface area contributed by atoms with Crippen LogP contribution in [0.2, 0.25) is 0 Å². The van der Waals surface area contributed by atoms with Gasteiger partial charge in [0, 0.05) is 27.5 Å². The molecule has 0 N–H and O–H groups in total. The highest BCUT2D eigenvalue weighted by molar-refractivity contribution is 6.15. The van der Waals surface area contributed by atoms with E-state index in [-0.39, 0.29) is 0 Å². The fraction of sp³-hybridized carbons (Fsp3) is 0.0192. The molecule has 0 aliphatic heterocycles. The summed E-state index contributed by atoms with van der Waals surface area (Å²) in [5, 5.41) is 2.15. The van der Waals surface area contributed by atoms with Crippen LogP contribution < -0.4 is 0 Å². The van der Waals surface area contributed by atoms with Gasteiger partial charge in [0.2, 0.25) is 0 Å². The Bertz CT molecular complexity index is 3080. The van der Waals surface area contributed by atoms with Crippen LogP contribution in [0.25, 0.3) is 89.5 Å². The van der Waals surface area contributed by atoms with Gasteiger partial charge in [-0.25, -0.2) is 15.0 Å². The zero-order valence-electron chi connectivity index (χ0n) is 30.1. The third-order valence-corrected chi connectivity index (χ3v) is 11.7. The van der Waals surface area contributed by atoms with Gasteiger partial charge in [0.05, 0.1) is 5.41 Å². The van der Waals surface area contributed by atoms with Crippen molar-refractivity contribution in [3.05, 3.63) is 210 Å². The quantitative estimate of drug-likeness (QED) is 0.182. The largest absolute Gasteiger partial charge is 0.456 e. The molecule has 260 valence electrons. The molecular weight excluding hydrogens is 683 g/mol. The van der Waals surface area contributed by atoms with Crippen LogP contribution in [0, 0.1) is 0 Å². The predicted molar refractivity (Wildman–Crippen MR) is 225 cm³/mol. The first-order valence-corrected chi connectivity index (χ1v) is 19.0. The van der Waals surface area contributed by atoms with Crippen molar-refractivity contribution in [1.29, 1.82) is 0 Å². The van der Waals surface area contributed by atoms with Crippen LogP contribution in [-0.4, -0.2) is 15.0 Å². The molecule has 2 aliphatic carbocycles. The summed E-state index contributed by atoms with van der Waals surface area (Å²) < 4.78 is 6.75. The lowest BCUT2D eigenvalue weighted by Crippen LogP contribution is -2.26. The molecule has 0 amide bonds. The molecule has 2 heterocycles. The molecule has 0 atom stereocenters. The summed E-state index contributed by atoms with van der Waals surface area (Å²) >= 11 is 0. The van der Waals surface area contributed by atoms with Crippen molar-refractivity contribution < 1.29 is 4.42 Å². The summed E-state index contributed by atoms with van der Waals surface area (Å²) in [5.74, 6) is 1.83. The van der Waals surface area contributed by atoms with Crippen LogP contribution in [0.5, 0.6) is 0 Å². The van der Waals surface area contributed by atoms with Crippen molar-refractivity contribution >= 4 is 21.9 Å². The van der Waals surface area contributed by atoms with Crippen LogP contribution >= 0.6 is 0 Å². The first-order chi connectivity index (χ1) is 27.8. The zero-order valence-corrected chi connectivity index (χ0v) is 30.1. The lowest BCUT2D eigenvalue weighted by Gasteiger charge is -2.32. The Hall–Kier alpha value is -7.43. The van der Waals surface area contributed by atoms with Gasteiger partial charge in [-0.2, -0.15) is 0 Å². The fourth-order valence-corrected chi connectivity index (χ4v) is 9.51. The third kappa shape index (κ3) is 4.27. The summed E-state index contributed by atoms with van der Waals surface area (Å²) in [6.07, 6.45) is 0. The van der Waals surface area contributed by atoms with Crippen molar-refractivity contribution in [2.24, 2.45) is 0 Å². The summed E-state index contributed by atoms with van der Waals surface area (Å²) in [6, 6.07) is 66.7. The first kappa shape index (κ1) is 31.0. The van der Waals surface area contributed by atoms with E-state index in [2.05, 4.69) is 121 Å². The molecule has 2 aliphatic rings. The summed E-state index contributed by atoms with van der Waals surface area (Å²) in [7, 11) is 0. The van der Waals surface area contributed by atoms with Gasteiger partial charge in [-0.3, -0.25) is 0 Å². The Labute approximate surface area is 323 Å². The Balaban J connectivity index is 1.20. The molecule has 2 aromatic heterocycles. The maximum absolute atomic E-state index is 6.75. The zero-order chi connectivity index (χ0) is 36.8. The number of rotatable bonds is 4. The number of hydrogen-bond donors (Lipinski definition) is 0. The van der Waals surface area contributed by atoms with Gasteiger partial charge in [-0.15, -0.1) is 0 Å². The van der Waals surface area contributed by atoms with Gasteiger partial charge in [0.15, 0.2) is 17.5 Å². The van der Waals surface area contributed by atoms with E-state index in [1.54, 1.807) is 0 Å². The second-order valence-electron chi connectivity index (χ2n) is 14.6. The minimum Gasteiger partial charge on any atom is -0.456 e. The third-order valence-electron chi connectivity index (χ3n) is 11.7. The predicted octanol–water partition coefficient (Wildman–Crippen LogP) is 12.8. The smallest absolute Gasteiger partial charge is 0.164 e. The first-order valence-electron chi connectivity index (χ1n) is 19.0. The lowest BCUT2D eigenvalue weighted by molar-refractivity contribution is 0.669. The lowest BCUT2D eigenvalue weighted by atomic mass is 9.68. The Kier molecular flexibility index (Phi) is 6.52. The van der Waals surface area contributed by atoms with Crippen molar-refractivity contribution in [3.63, 3.8) is 0 Å². The van der Waals surface area contributed by atoms with Gasteiger partial charge in [-0.05, 0) is 73.8 Å². The van der Waals surface area contributed by atoms with Gasteiger partial charge >= 0.3 is 0 Å². The van der Waals surface area contributed by atoms with E-state index in [0.29, 0.717) is 17.5 Å². The van der Waals surface area contributed by atoms with Crippen LogP contribution in [0.15, 0.2) is 192 Å². The summed E-state index contributed by atoms with van der Waals surface area (Å²) in [4.78, 5) is 15.3. The molecule has 0 radical (unpaired) electrons. The standard InChI is InChI=1S/C52H31N3O/c1-3-16-32(17-4-1)49-53-50(33-18-5-2-6-19-33)55-51(54-49)34-30-41(47-40-23-10-14-29-45(40)56-46(47)31-34)39-25-15-24-38-37-22-9-13-28-44(37)52(48(38)39)42-26-11-7-20-35(42)36-21-8-12-27-43(36)52/h1-31H. The minimum atomic E-state index is -0.522. The molecule has 0 fully saturated rings. The van der Waals surface area contributed by atoms with E-state index < -0.39 is 5.41 Å². The van der Waals surface area contributed by atoms with Crippen molar-refractivity contribution in [2.75, 3.05) is 0 Å². The molecule has 8 aromatic carbocycles. The van der Waals surface area contributed by atoms with Crippen LogP contribution in [0.3, 0.4) is 0 Å². The maximum atomic E-state index is 6.75. The molecule has 4 nitrogen and oxygen atoms in total. The molecule has 56 heavy (non-hydrogen) atoms. The SMILES string of the molecule is c1ccc(-c2nc(-c3ccccc3)nc(-c3cc(-c4cccc5c4C4(c6ccccc6-c6ccccc64)c4ccccc4-5)c4c(c3)oc3ccccc34)n2)cc1. The van der Waals surface area contributed by atoms with Crippen molar-refractivity contribution in [3.8, 4) is 67.5 Å². The van der Waals surface area contributed by atoms with Crippen LogP contribution in [-0.2, 0) is 5.41 Å². The van der Waals surface area contributed by atoms with Crippen molar-refractivity contribution in [1.82, 2.24) is 15.0 Å². The van der Waals surface area contributed by atoms with Crippen LogP contribution in [0.4, 0.5) is 0 Å². The molecule has 10 aromatic rings. The van der Waals surface area contributed by atoms with Gasteiger partial charge < -0.3 is 4.42 Å². The average Bonchev–Trinajstić information content (AvgIpc) is 3.91. The van der Waals surface area contributed by atoms with Gasteiger partial charge in [0.1, 0.15) is 11.2 Å². The van der Waals surface area contributed by atoms with E-state index in [9.17, 15) is 0 Å². The summed E-state index contributed by atoms with van der Waals surface area (Å²) in [6.45, 7) is 0. The van der Waals surface area contributed by atoms with E-state index >= 15 is 0 Å². The normalized spacial score (nSPS) is 13.1. The number of benzene rings is 8. The van der Waals surface area contributed by atoms with E-state index in [1.165, 1.54) is 44.5 Å². The molecule has 0 saturated carbocycles. The highest BCUT2D eigenvalue weighted by Crippen LogP contribution is 2.64. The maximum Gasteiger partial charge on any atom is 0.164 e. The fourth-order valence-electron chi connectivity index (χ4n) is 9.51. The number of aromatic nitrogens is 3. The Morgan fingerprint density at radius 1 is 0.339 bits per heavy atom. The number of fused-ring (bicyclic) bond motifs is 13. The number of hydrogen-bond acceptors (Lipinski definition) is 4. The number of para-hydroxylation sites is 1. The summed E-state index contributed by atoms with van der Waals surface area (Å²) in [5.41, 5.74) is 16.3. The van der Waals surface area contributed by atoms with E-state index in [0.717, 1.165) is 49.8 Å². The molecule has 12 rings (SSSR count). The van der Waals surface area contributed by atoms with E-state index in [1.807, 2.05) is 66.7 Å². The second kappa shape index (κ2) is 11.8. The molecule has 0 bridgehead atoms. The molecule has 0 unspecified atom stereocenters. The number of furan rings is 1. The highest BCUT2D eigenvalue weighted by Gasteiger charge is 2.52. The minimum absolute atomic E-state index is 0.522. The van der Waals surface area contributed by atoms with Crippen LogP contribution in [0.1, 0.15) is 22.3 Å². The van der Waals surface area contributed by atoms with Gasteiger partial charge in [-0.1, -0.05) is 170 Å². The second-order valence-corrected chi connectivity index (χ2v) is 14.6. The molecule has 0 saturated heterocycles.